The van der Waals surface area contributed by atoms with E-state index in [9.17, 15) is 0 Å². The Morgan fingerprint density at radius 1 is 1.40 bits per heavy atom. The minimum Gasteiger partial charge on any atom is -0.335 e. The summed E-state index contributed by atoms with van der Waals surface area (Å²) in [4.78, 5) is 0. The second-order valence-corrected chi connectivity index (χ2v) is 9.18. The van der Waals surface area contributed by atoms with Gasteiger partial charge in [0, 0.05) is 10.8 Å². The Hall–Kier alpha value is 0.0100. The highest BCUT2D eigenvalue weighted by molar-refractivity contribution is 8.29. The third-order valence-corrected chi connectivity index (χ3v) is 6.47. The van der Waals surface area contributed by atoms with E-state index < -0.39 is 10.3 Å². The van der Waals surface area contributed by atoms with Crippen molar-refractivity contribution in [2.75, 3.05) is 19.1 Å². The van der Waals surface area contributed by atoms with Crippen LogP contribution in [0.3, 0.4) is 0 Å². The Bertz CT molecular complexity index is 196. The van der Waals surface area contributed by atoms with E-state index in [-0.39, 0.29) is 10.8 Å². The molecule has 0 bridgehead atoms. The lowest BCUT2D eigenvalue weighted by Gasteiger charge is -2.44. The van der Waals surface area contributed by atoms with Crippen molar-refractivity contribution in [1.29, 1.82) is 0 Å². The second-order valence-electron chi connectivity index (χ2n) is 5.26. The molecule has 3 heteroatoms. The number of hydrogen-bond donors (Lipinski definition) is 1. The highest BCUT2D eigenvalue weighted by atomic mass is 32.3. The molecule has 0 saturated carbocycles. The van der Waals surface area contributed by atoms with Crippen LogP contribution < -0.4 is 5.73 Å². The summed E-state index contributed by atoms with van der Waals surface area (Å²) in [5, 5.41) is 0. The largest absolute Gasteiger partial charge is 0.335 e. The van der Waals surface area contributed by atoms with E-state index in [0.717, 1.165) is 12.8 Å². The van der Waals surface area contributed by atoms with Crippen molar-refractivity contribution in [2.45, 2.75) is 44.4 Å². The van der Waals surface area contributed by atoms with Gasteiger partial charge in [-0.3, -0.25) is 0 Å². The van der Waals surface area contributed by atoms with Crippen molar-refractivity contribution in [3.63, 3.8) is 0 Å². The maximum atomic E-state index is 5.98. The first-order chi connectivity index (χ1) is 6.70. The zero-order chi connectivity index (χ0) is 12.1. The smallest absolute Gasteiger partial charge is 0.0743 e. The van der Waals surface area contributed by atoms with Crippen LogP contribution >= 0.6 is 10.3 Å². The zero-order valence-corrected chi connectivity index (χ0v) is 11.7. The molecule has 0 aromatic heterocycles. The minimum absolute atomic E-state index is 0.136. The van der Waals surface area contributed by atoms with Gasteiger partial charge in [0.25, 0.3) is 0 Å². The van der Waals surface area contributed by atoms with Crippen LogP contribution in [0.1, 0.15) is 33.6 Å². The SMILES string of the molecule is C=CCCC(N)COS(C)(C)C(C)(C)C. The third kappa shape index (κ3) is 5.59. The first-order valence-electron chi connectivity index (χ1n) is 5.44. The van der Waals surface area contributed by atoms with Crippen LogP contribution in [0.15, 0.2) is 12.7 Å². The van der Waals surface area contributed by atoms with Gasteiger partial charge in [-0.15, -0.1) is 16.9 Å². The van der Waals surface area contributed by atoms with E-state index in [1.807, 2.05) is 6.08 Å². The molecule has 2 N–H and O–H groups in total. The molecule has 0 rings (SSSR count). The highest BCUT2D eigenvalue weighted by Crippen LogP contribution is 2.53. The van der Waals surface area contributed by atoms with Crippen LogP contribution in [-0.4, -0.2) is 29.9 Å². The Labute approximate surface area is 96.8 Å². The molecular formula is C12H27NOS. The molecule has 2 nitrogen and oxygen atoms in total. The molecule has 0 aromatic rings. The lowest BCUT2D eigenvalue weighted by Crippen LogP contribution is -2.31. The molecule has 15 heavy (non-hydrogen) atoms. The van der Waals surface area contributed by atoms with Gasteiger partial charge >= 0.3 is 0 Å². The quantitative estimate of drug-likeness (QED) is 0.716. The summed E-state index contributed by atoms with van der Waals surface area (Å²) in [5.41, 5.74) is 5.95. The molecule has 0 fully saturated rings. The van der Waals surface area contributed by atoms with Crippen molar-refractivity contribution in [3.05, 3.63) is 12.7 Å². The maximum absolute atomic E-state index is 5.98. The topological polar surface area (TPSA) is 35.2 Å². The van der Waals surface area contributed by atoms with Gasteiger partial charge in [0.15, 0.2) is 0 Å². The number of rotatable bonds is 6. The van der Waals surface area contributed by atoms with Crippen LogP contribution in [0.2, 0.25) is 0 Å². The van der Waals surface area contributed by atoms with Crippen molar-refractivity contribution in [1.82, 2.24) is 0 Å². The summed E-state index contributed by atoms with van der Waals surface area (Å²) < 4.78 is 6.19. The number of hydrogen-bond acceptors (Lipinski definition) is 2. The molecule has 1 atom stereocenters. The van der Waals surface area contributed by atoms with Gasteiger partial charge < -0.3 is 9.92 Å². The van der Waals surface area contributed by atoms with Crippen LogP contribution in [0.4, 0.5) is 0 Å². The fourth-order valence-corrected chi connectivity index (χ4v) is 1.72. The summed E-state index contributed by atoms with van der Waals surface area (Å²) >= 11 is 0. The minimum atomic E-state index is -1.02. The third-order valence-electron chi connectivity index (χ3n) is 2.79. The van der Waals surface area contributed by atoms with E-state index in [4.69, 9.17) is 9.92 Å². The molecule has 0 aliphatic carbocycles. The molecular weight excluding hydrogens is 206 g/mol. The van der Waals surface area contributed by atoms with Crippen molar-refractivity contribution in [3.8, 4) is 0 Å². The van der Waals surface area contributed by atoms with Crippen molar-refractivity contribution >= 4 is 10.3 Å². The van der Waals surface area contributed by atoms with Crippen LogP contribution in [0, 0.1) is 0 Å². The average molecular weight is 233 g/mol. The predicted molar refractivity (Wildman–Crippen MR) is 72.6 cm³/mol. The first-order valence-corrected chi connectivity index (χ1v) is 7.82. The summed E-state index contributed by atoms with van der Waals surface area (Å²) in [6.07, 6.45) is 8.24. The molecule has 0 aliphatic heterocycles. The van der Waals surface area contributed by atoms with Crippen LogP contribution in [0.25, 0.3) is 0 Å². The van der Waals surface area contributed by atoms with Crippen molar-refractivity contribution < 1.29 is 4.18 Å². The fourth-order valence-electron chi connectivity index (χ4n) is 0.850. The zero-order valence-electron chi connectivity index (χ0n) is 10.9. The fraction of sp³-hybridized carbons (Fsp3) is 0.833. The summed E-state index contributed by atoms with van der Waals surface area (Å²) in [6, 6.07) is 0.136. The molecule has 0 aliphatic rings. The van der Waals surface area contributed by atoms with E-state index in [1.165, 1.54) is 0 Å². The normalized spacial score (nSPS) is 16.1. The molecule has 0 aromatic carbocycles. The average Bonchev–Trinajstić information content (AvgIpc) is 2.09. The lowest BCUT2D eigenvalue weighted by atomic mass is 10.2. The maximum Gasteiger partial charge on any atom is 0.0743 e. The van der Waals surface area contributed by atoms with Gasteiger partial charge in [-0.25, -0.2) is 0 Å². The molecule has 1 unspecified atom stereocenters. The monoisotopic (exact) mass is 233 g/mol. The van der Waals surface area contributed by atoms with Gasteiger partial charge in [-0.1, -0.05) is 26.8 Å². The van der Waals surface area contributed by atoms with Gasteiger partial charge in [0.2, 0.25) is 0 Å². The predicted octanol–water partition coefficient (Wildman–Crippen LogP) is 3.07. The Kier molecular flexibility index (Phi) is 5.93. The van der Waals surface area contributed by atoms with Crippen LogP contribution in [-0.2, 0) is 4.18 Å². The summed E-state index contributed by atoms with van der Waals surface area (Å²) in [7, 11) is -1.02. The second kappa shape index (κ2) is 5.92. The molecule has 92 valence electrons. The Balaban J connectivity index is 3.98. The van der Waals surface area contributed by atoms with E-state index in [0.29, 0.717) is 6.61 Å². The number of nitrogens with two attached hydrogens (primary N) is 1. The van der Waals surface area contributed by atoms with E-state index >= 15 is 0 Å². The van der Waals surface area contributed by atoms with Gasteiger partial charge in [-0.2, -0.15) is 0 Å². The van der Waals surface area contributed by atoms with Crippen LogP contribution in [0.5, 0.6) is 0 Å². The molecule has 0 saturated heterocycles. The van der Waals surface area contributed by atoms with E-state index in [1.54, 1.807) is 0 Å². The summed E-state index contributed by atoms with van der Waals surface area (Å²) in [6.45, 7) is 11.0. The number of allylic oxidation sites excluding steroid dienone is 1. The Morgan fingerprint density at radius 2 is 1.93 bits per heavy atom. The molecule has 0 radical (unpaired) electrons. The molecule has 0 spiro atoms. The van der Waals surface area contributed by atoms with Gasteiger partial charge in [0.1, 0.15) is 0 Å². The highest BCUT2D eigenvalue weighted by Gasteiger charge is 2.29. The lowest BCUT2D eigenvalue weighted by molar-refractivity contribution is 0.309. The molecule has 0 heterocycles. The first kappa shape index (κ1) is 15.0. The van der Waals surface area contributed by atoms with E-state index in [2.05, 4.69) is 39.9 Å². The van der Waals surface area contributed by atoms with Gasteiger partial charge in [-0.05, 0) is 25.4 Å². The van der Waals surface area contributed by atoms with Gasteiger partial charge in [0.05, 0.1) is 6.61 Å². The summed E-state index contributed by atoms with van der Waals surface area (Å²) in [5.74, 6) is 0. The van der Waals surface area contributed by atoms with Crippen molar-refractivity contribution in [2.24, 2.45) is 5.73 Å². The Morgan fingerprint density at radius 3 is 2.33 bits per heavy atom. The standard InChI is InChI=1S/C12H27NOS/c1-7-8-9-11(13)10-14-15(5,6)12(2,3)4/h7,11H,1,8-10,13H2,2-6H3. The molecule has 0 amide bonds.